The van der Waals surface area contributed by atoms with E-state index in [-0.39, 0.29) is 5.97 Å². The van der Waals surface area contributed by atoms with Gasteiger partial charge in [0.05, 0.1) is 17.3 Å². The Kier molecular flexibility index (Phi) is 4.49. The van der Waals surface area contributed by atoms with E-state index in [1.54, 1.807) is 17.5 Å². The van der Waals surface area contributed by atoms with Gasteiger partial charge in [0.1, 0.15) is 5.41 Å². The molecule has 0 aromatic carbocycles. The summed E-state index contributed by atoms with van der Waals surface area (Å²) in [5, 5.41) is 2.91. The molecule has 2 heterocycles. The summed E-state index contributed by atoms with van der Waals surface area (Å²) in [5.41, 5.74) is 1.17. The summed E-state index contributed by atoms with van der Waals surface area (Å²) in [6, 6.07) is 3.93. The second-order valence-corrected chi connectivity index (χ2v) is 5.95. The molecule has 0 saturated carbocycles. The molecule has 2 rings (SSSR count). The van der Waals surface area contributed by atoms with E-state index in [2.05, 4.69) is 9.97 Å². The van der Waals surface area contributed by atoms with Gasteiger partial charge in [-0.15, -0.1) is 11.3 Å². The second kappa shape index (κ2) is 6.13. The van der Waals surface area contributed by atoms with Crippen molar-refractivity contribution in [3.8, 4) is 0 Å². The average molecular weight is 290 g/mol. The van der Waals surface area contributed by atoms with E-state index in [4.69, 9.17) is 4.74 Å². The van der Waals surface area contributed by atoms with E-state index in [0.29, 0.717) is 6.61 Å². The molecule has 106 valence electrons. The molecule has 0 saturated heterocycles. The third-order valence-electron chi connectivity index (χ3n) is 3.06. The SMILES string of the molecule is CCOC(=O)C(C)(C)c1csc(Cc2cccnc2)n1. The van der Waals surface area contributed by atoms with Crippen LogP contribution in [0.4, 0.5) is 0 Å². The molecule has 2 aromatic heterocycles. The van der Waals surface area contributed by atoms with Crippen LogP contribution in [0.5, 0.6) is 0 Å². The van der Waals surface area contributed by atoms with Gasteiger partial charge in [0.15, 0.2) is 0 Å². The van der Waals surface area contributed by atoms with Crippen molar-refractivity contribution in [3.05, 3.63) is 46.2 Å². The lowest BCUT2D eigenvalue weighted by Crippen LogP contribution is -2.31. The van der Waals surface area contributed by atoms with Gasteiger partial charge in [-0.05, 0) is 32.4 Å². The van der Waals surface area contributed by atoms with Gasteiger partial charge in [-0.25, -0.2) is 4.98 Å². The normalized spacial score (nSPS) is 11.3. The summed E-state index contributed by atoms with van der Waals surface area (Å²) in [6.07, 6.45) is 4.32. The molecule has 0 spiro atoms. The smallest absolute Gasteiger partial charge is 0.317 e. The van der Waals surface area contributed by atoms with Gasteiger partial charge in [-0.2, -0.15) is 0 Å². The van der Waals surface area contributed by atoms with E-state index in [1.165, 1.54) is 0 Å². The maximum absolute atomic E-state index is 12.0. The molecule has 0 atom stereocenters. The summed E-state index contributed by atoms with van der Waals surface area (Å²) in [5.74, 6) is -0.238. The highest BCUT2D eigenvalue weighted by molar-refractivity contribution is 7.09. The number of esters is 1. The van der Waals surface area contributed by atoms with Crippen molar-refractivity contribution in [2.45, 2.75) is 32.6 Å². The van der Waals surface area contributed by atoms with Gasteiger partial charge in [-0.3, -0.25) is 9.78 Å². The number of rotatable bonds is 5. The van der Waals surface area contributed by atoms with Gasteiger partial charge >= 0.3 is 5.97 Å². The van der Waals surface area contributed by atoms with Crippen LogP contribution in [0.15, 0.2) is 29.9 Å². The second-order valence-electron chi connectivity index (χ2n) is 5.01. The van der Waals surface area contributed by atoms with Crippen molar-refractivity contribution in [2.24, 2.45) is 0 Å². The van der Waals surface area contributed by atoms with E-state index >= 15 is 0 Å². The van der Waals surface area contributed by atoms with E-state index < -0.39 is 5.41 Å². The molecule has 0 unspecified atom stereocenters. The Bertz CT molecular complexity index is 579. The first kappa shape index (κ1) is 14.7. The molecule has 0 fully saturated rings. The standard InChI is InChI=1S/C15H18N2O2S/c1-4-19-14(18)15(2,3)12-10-20-13(17-12)8-11-6-5-7-16-9-11/h5-7,9-10H,4,8H2,1-3H3. The van der Waals surface area contributed by atoms with Gasteiger partial charge in [0.25, 0.3) is 0 Å². The lowest BCUT2D eigenvalue weighted by molar-refractivity contribution is -0.148. The van der Waals surface area contributed by atoms with E-state index in [9.17, 15) is 4.79 Å². The fraction of sp³-hybridized carbons (Fsp3) is 0.400. The number of pyridine rings is 1. The number of ether oxygens (including phenoxy) is 1. The zero-order chi connectivity index (χ0) is 14.6. The van der Waals surface area contributed by atoms with Crippen LogP contribution in [-0.2, 0) is 21.4 Å². The molecule has 0 bridgehead atoms. The molecule has 5 heteroatoms. The number of thiazole rings is 1. The Balaban J connectivity index is 2.14. The minimum absolute atomic E-state index is 0.238. The lowest BCUT2D eigenvalue weighted by atomic mass is 9.90. The summed E-state index contributed by atoms with van der Waals surface area (Å²) in [7, 11) is 0. The minimum Gasteiger partial charge on any atom is -0.465 e. The lowest BCUT2D eigenvalue weighted by Gasteiger charge is -2.19. The zero-order valence-corrected chi connectivity index (χ0v) is 12.7. The molecule has 4 nitrogen and oxygen atoms in total. The summed E-state index contributed by atoms with van der Waals surface area (Å²) in [6.45, 7) is 5.87. The van der Waals surface area contributed by atoms with Crippen LogP contribution in [0.25, 0.3) is 0 Å². The highest BCUT2D eigenvalue weighted by Gasteiger charge is 2.33. The van der Waals surface area contributed by atoms with Gasteiger partial charge in [-0.1, -0.05) is 6.07 Å². The predicted molar refractivity (Wildman–Crippen MR) is 78.8 cm³/mol. The topological polar surface area (TPSA) is 52.1 Å². The van der Waals surface area contributed by atoms with Gasteiger partial charge < -0.3 is 4.74 Å². The summed E-state index contributed by atoms with van der Waals surface area (Å²) >= 11 is 1.56. The summed E-state index contributed by atoms with van der Waals surface area (Å²) < 4.78 is 5.10. The molecular formula is C15H18N2O2S. The van der Waals surface area contributed by atoms with Crippen LogP contribution in [0.2, 0.25) is 0 Å². The molecule has 2 aromatic rings. The highest BCUT2D eigenvalue weighted by atomic mass is 32.1. The zero-order valence-electron chi connectivity index (χ0n) is 11.9. The Morgan fingerprint density at radius 1 is 1.45 bits per heavy atom. The van der Waals surface area contributed by atoms with Crippen LogP contribution in [0.3, 0.4) is 0 Å². The quantitative estimate of drug-likeness (QED) is 0.794. The average Bonchev–Trinajstić information content (AvgIpc) is 2.89. The molecule has 20 heavy (non-hydrogen) atoms. The van der Waals surface area contributed by atoms with Gasteiger partial charge in [0.2, 0.25) is 0 Å². The van der Waals surface area contributed by atoms with Crippen molar-refractivity contribution < 1.29 is 9.53 Å². The Labute approximate surface area is 122 Å². The Morgan fingerprint density at radius 2 is 2.25 bits per heavy atom. The van der Waals surface area contributed by atoms with Crippen molar-refractivity contribution in [3.63, 3.8) is 0 Å². The van der Waals surface area contributed by atoms with Crippen LogP contribution in [0.1, 0.15) is 37.0 Å². The first-order valence-corrected chi connectivity index (χ1v) is 7.43. The van der Waals surface area contributed by atoms with Crippen molar-refractivity contribution in [2.75, 3.05) is 6.61 Å². The molecular weight excluding hydrogens is 272 g/mol. The fourth-order valence-corrected chi connectivity index (χ4v) is 2.77. The molecule has 0 N–H and O–H groups in total. The molecule has 0 aliphatic heterocycles. The van der Waals surface area contributed by atoms with Crippen molar-refractivity contribution >= 4 is 17.3 Å². The van der Waals surface area contributed by atoms with Crippen LogP contribution in [0, 0.1) is 0 Å². The predicted octanol–water partition coefficient (Wildman–Crippen LogP) is 2.97. The first-order valence-electron chi connectivity index (χ1n) is 6.55. The number of aromatic nitrogens is 2. The molecule has 0 radical (unpaired) electrons. The number of carbonyl (C=O) groups excluding carboxylic acids is 1. The molecule has 0 aliphatic rings. The molecule has 0 amide bonds. The highest BCUT2D eigenvalue weighted by Crippen LogP contribution is 2.27. The number of hydrogen-bond donors (Lipinski definition) is 0. The van der Waals surface area contributed by atoms with E-state index in [0.717, 1.165) is 22.7 Å². The van der Waals surface area contributed by atoms with Crippen LogP contribution >= 0.6 is 11.3 Å². The molecule has 0 aliphatic carbocycles. The summed E-state index contributed by atoms with van der Waals surface area (Å²) in [4.78, 5) is 20.6. The van der Waals surface area contributed by atoms with Crippen molar-refractivity contribution in [1.29, 1.82) is 0 Å². The Hall–Kier alpha value is -1.75. The van der Waals surface area contributed by atoms with Gasteiger partial charge in [0, 0.05) is 24.2 Å². The fourth-order valence-electron chi connectivity index (χ4n) is 1.77. The van der Waals surface area contributed by atoms with Crippen LogP contribution < -0.4 is 0 Å². The number of nitrogens with zero attached hydrogens (tertiary/aromatic N) is 2. The van der Waals surface area contributed by atoms with Crippen LogP contribution in [-0.4, -0.2) is 22.5 Å². The maximum Gasteiger partial charge on any atom is 0.317 e. The first-order chi connectivity index (χ1) is 9.54. The minimum atomic E-state index is -0.709. The monoisotopic (exact) mass is 290 g/mol. The number of hydrogen-bond acceptors (Lipinski definition) is 5. The van der Waals surface area contributed by atoms with Crippen molar-refractivity contribution in [1.82, 2.24) is 9.97 Å². The van der Waals surface area contributed by atoms with E-state index in [1.807, 2.05) is 44.5 Å². The maximum atomic E-state index is 12.0. The third-order valence-corrected chi connectivity index (χ3v) is 3.90. The Morgan fingerprint density at radius 3 is 2.90 bits per heavy atom. The third kappa shape index (κ3) is 3.22. The largest absolute Gasteiger partial charge is 0.465 e. The number of carbonyl (C=O) groups is 1.